The van der Waals surface area contributed by atoms with Crippen LogP contribution in [0.1, 0.15) is 31.2 Å². The minimum absolute atomic E-state index is 0.00778. The first-order valence-corrected chi connectivity index (χ1v) is 9.14. The fourth-order valence-corrected chi connectivity index (χ4v) is 4.45. The molecule has 1 heterocycles. The third kappa shape index (κ3) is 3.43. The van der Waals surface area contributed by atoms with Gasteiger partial charge in [-0.3, -0.25) is 9.59 Å². The first-order valence-electron chi connectivity index (χ1n) is 8.09. The van der Waals surface area contributed by atoms with Crippen molar-refractivity contribution in [2.24, 2.45) is 0 Å². The number of hydrogen-bond acceptors (Lipinski definition) is 4. The summed E-state index contributed by atoms with van der Waals surface area (Å²) in [6, 6.07) is 7.65. The summed E-state index contributed by atoms with van der Waals surface area (Å²) in [7, 11) is 1.62. The summed E-state index contributed by atoms with van der Waals surface area (Å²) in [5, 5.41) is 8.87. The number of carbonyl (C=O) groups is 2. The number of rotatable bonds is 6. The van der Waals surface area contributed by atoms with Gasteiger partial charge in [0.05, 0.1) is 12.9 Å². The highest BCUT2D eigenvalue weighted by Crippen LogP contribution is 2.41. The second-order valence-electron chi connectivity index (χ2n) is 6.05. The van der Waals surface area contributed by atoms with Gasteiger partial charge in [-0.2, -0.15) is 0 Å². The lowest BCUT2D eigenvalue weighted by Gasteiger charge is -2.26. The molecule has 5 nitrogen and oxygen atoms in total. The summed E-state index contributed by atoms with van der Waals surface area (Å²) in [6.45, 7) is 0.493. The topological polar surface area (TPSA) is 66.8 Å². The zero-order valence-electron chi connectivity index (χ0n) is 13.7. The number of thioether (sulfide) groups is 1. The van der Waals surface area contributed by atoms with Crippen molar-refractivity contribution in [2.45, 2.75) is 37.6 Å². The number of ether oxygens (including phenoxy) is 1. The smallest absolute Gasteiger partial charge is 0.313 e. The van der Waals surface area contributed by atoms with Gasteiger partial charge in [-0.1, -0.05) is 12.1 Å². The molecule has 1 atom stereocenters. The van der Waals surface area contributed by atoms with Crippen molar-refractivity contribution in [1.82, 2.24) is 4.90 Å². The van der Waals surface area contributed by atoms with Crippen molar-refractivity contribution in [2.75, 3.05) is 12.9 Å². The maximum Gasteiger partial charge on any atom is 0.313 e. The van der Waals surface area contributed by atoms with Crippen LogP contribution in [0.15, 0.2) is 35.4 Å². The van der Waals surface area contributed by atoms with Gasteiger partial charge in [-0.05, 0) is 49.0 Å². The molecule has 2 aliphatic rings. The van der Waals surface area contributed by atoms with Crippen molar-refractivity contribution in [3.05, 3.63) is 41.0 Å². The molecule has 0 saturated carbocycles. The standard InChI is InChI=1S/C18H21NO4S/c1-23-13-8-6-12(7-9-13)10-19-17(22)14-4-2-3-5-15(14)18(19)24-11-16(20)21/h6-9,18H,2-5,10-11H2,1H3,(H,20,21). The van der Waals surface area contributed by atoms with Gasteiger partial charge in [0.15, 0.2) is 0 Å². The predicted molar refractivity (Wildman–Crippen MR) is 92.9 cm³/mol. The molecule has 1 aromatic carbocycles. The van der Waals surface area contributed by atoms with E-state index in [4.69, 9.17) is 9.84 Å². The molecule has 0 aromatic heterocycles. The number of benzene rings is 1. The average molecular weight is 347 g/mol. The predicted octanol–water partition coefficient (Wildman–Crippen LogP) is 3.05. The van der Waals surface area contributed by atoms with E-state index in [0.29, 0.717) is 6.54 Å². The molecule has 1 amide bonds. The third-order valence-corrected chi connectivity index (χ3v) is 5.76. The first-order chi connectivity index (χ1) is 11.6. The minimum Gasteiger partial charge on any atom is -0.497 e. The van der Waals surface area contributed by atoms with Gasteiger partial charge >= 0.3 is 5.97 Å². The maximum absolute atomic E-state index is 12.8. The highest BCUT2D eigenvalue weighted by molar-refractivity contribution is 8.00. The summed E-state index contributed by atoms with van der Waals surface area (Å²) in [4.78, 5) is 25.6. The lowest BCUT2D eigenvalue weighted by atomic mass is 9.94. The molecule has 24 heavy (non-hydrogen) atoms. The first kappa shape index (κ1) is 16.9. The van der Waals surface area contributed by atoms with E-state index >= 15 is 0 Å². The Kier molecular flexibility index (Phi) is 5.14. The molecule has 1 N–H and O–H groups in total. The Morgan fingerprint density at radius 1 is 1.29 bits per heavy atom. The number of amides is 1. The molecular formula is C18H21NO4S. The van der Waals surface area contributed by atoms with Crippen molar-refractivity contribution in [1.29, 1.82) is 0 Å². The van der Waals surface area contributed by atoms with Gasteiger partial charge in [0.1, 0.15) is 11.1 Å². The SMILES string of the molecule is COc1ccc(CN2C(=O)C3=C(CCCC3)C2SCC(=O)O)cc1. The Hall–Kier alpha value is -1.95. The summed E-state index contributed by atoms with van der Waals surface area (Å²) >= 11 is 1.34. The number of carboxylic acid groups (broad SMARTS) is 1. The highest BCUT2D eigenvalue weighted by Gasteiger charge is 2.40. The van der Waals surface area contributed by atoms with Crippen molar-refractivity contribution >= 4 is 23.6 Å². The Labute approximate surface area is 145 Å². The Bertz CT molecular complexity index is 668. The van der Waals surface area contributed by atoms with Crippen molar-refractivity contribution in [3.63, 3.8) is 0 Å². The van der Waals surface area contributed by atoms with E-state index in [1.165, 1.54) is 11.8 Å². The van der Waals surface area contributed by atoms with Crippen LogP contribution >= 0.6 is 11.8 Å². The molecule has 0 radical (unpaired) electrons. The van der Waals surface area contributed by atoms with Crippen LogP contribution in [0.25, 0.3) is 0 Å². The summed E-state index contributed by atoms with van der Waals surface area (Å²) in [5.41, 5.74) is 3.08. The lowest BCUT2D eigenvalue weighted by molar-refractivity contribution is -0.134. The van der Waals surface area contributed by atoms with E-state index in [2.05, 4.69) is 0 Å². The molecular weight excluding hydrogens is 326 g/mol. The quantitative estimate of drug-likeness (QED) is 0.857. The van der Waals surface area contributed by atoms with Gasteiger partial charge in [0.25, 0.3) is 5.91 Å². The number of carbonyl (C=O) groups excluding carboxylic acids is 1. The Morgan fingerprint density at radius 2 is 2.00 bits per heavy atom. The molecule has 1 aliphatic heterocycles. The van der Waals surface area contributed by atoms with E-state index in [1.54, 1.807) is 7.11 Å². The number of nitrogens with zero attached hydrogens (tertiary/aromatic N) is 1. The minimum atomic E-state index is -0.846. The van der Waals surface area contributed by atoms with Crippen LogP contribution in [-0.4, -0.2) is 40.1 Å². The van der Waals surface area contributed by atoms with E-state index in [1.807, 2.05) is 29.2 Å². The summed E-state index contributed by atoms with van der Waals surface area (Å²) < 4.78 is 5.17. The third-order valence-electron chi connectivity index (χ3n) is 4.49. The van der Waals surface area contributed by atoms with Crippen LogP contribution in [0.5, 0.6) is 5.75 Å². The zero-order valence-corrected chi connectivity index (χ0v) is 14.5. The molecule has 1 aromatic rings. The molecule has 0 saturated heterocycles. The summed E-state index contributed by atoms with van der Waals surface area (Å²) in [6.07, 6.45) is 3.83. The fourth-order valence-electron chi connectivity index (χ4n) is 3.34. The molecule has 128 valence electrons. The number of carboxylic acids is 1. The molecule has 1 aliphatic carbocycles. The van der Waals surface area contributed by atoms with Gasteiger partial charge in [-0.15, -0.1) is 11.8 Å². The van der Waals surface area contributed by atoms with E-state index in [0.717, 1.165) is 48.1 Å². The molecule has 6 heteroatoms. The second kappa shape index (κ2) is 7.30. The largest absolute Gasteiger partial charge is 0.497 e. The van der Waals surface area contributed by atoms with Crippen LogP contribution in [-0.2, 0) is 16.1 Å². The van der Waals surface area contributed by atoms with Crippen LogP contribution in [0.4, 0.5) is 0 Å². The van der Waals surface area contributed by atoms with Crippen LogP contribution < -0.4 is 4.74 Å². The Balaban J connectivity index is 1.80. The summed E-state index contributed by atoms with van der Waals surface area (Å²) in [5.74, 6) is 0.0132. The monoisotopic (exact) mass is 347 g/mol. The molecule has 1 unspecified atom stereocenters. The van der Waals surface area contributed by atoms with Gasteiger partial charge in [0.2, 0.25) is 0 Å². The van der Waals surface area contributed by atoms with Crippen LogP contribution in [0.3, 0.4) is 0 Å². The molecule has 3 rings (SSSR count). The van der Waals surface area contributed by atoms with Crippen molar-refractivity contribution < 1.29 is 19.4 Å². The lowest BCUT2D eigenvalue weighted by Crippen LogP contribution is -2.33. The number of hydrogen-bond donors (Lipinski definition) is 1. The van der Waals surface area contributed by atoms with E-state index < -0.39 is 5.97 Å². The fraction of sp³-hybridized carbons (Fsp3) is 0.444. The maximum atomic E-state index is 12.8. The number of methoxy groups -OCH3 is 1. The van der Waals surface area contributed by atoms with Crippen molar-refractivity contribution in [3.8, 4) is 5.75 Å². The molecule has 0 fully saturated rings. The van der Waals surface area contributed by atoms with Crippen LogP contribution in [0, 0.1) is 0 Å². The Morgan fingerprint density at radius 3 is 2.67 bits per heavy atom. The average Bonchev–Trinajstić information content (AvgIpc) is 2.86. The van der Waals surface area contributed by atoms with Gasteiger partial charge in [0, 0.05) is 12.1 Å². The highest BCUT2D eigenvalue weighted by atomic mass is 32.2. The molecule has 0 spiro atoms. The second-order valence-corrected chi connectivity index (χ2v) is 7.12. The van der Waals surface area contributed by atoms with E-state index in [9.17, 15) is 9.59 Å². The normalized spacial score (nSPS) is 20.3. The van der Waals surface area contributed by atoms with Crippen LogP contribution in [0.2, 0.25) is 0 Å². The number of aliphatic carboxylic acids is 1. The van der Waals surface area contributed by atoms with Gasteiger partial charge in [-0.25, -0.2) is 0 Å². The zero-order chi connectivity index (χ0) is 17.1. The molecule has 0 bridgehead atoms. The van der Waals surface area contributed by atoms with Gasteiger partial charge < -0.3 is 14.7 Å². The van der Waals surface area contributed by atoms with E-state index in [-0.39, 0.29) is 17.0 Å².